The molecule has 0 radical (unpaired) electrons. The van der Waals surface area contributed by atoms with Crippen molar-refractivity contribution >= 4 is 56.6 Å². The number of thioether (sulfide) groups is 1. The normalized spacial score (nSPS) is 11.2. The van der Waals surface area contributed by atoms with Crippen molar-refractivity contribution < 1.29 is 13.2 Å². The first-order chi connectivity index (χ1) is 15.3. The number of hydrogen-bond acceptors (Lipinski definition) is 4. The van der Waals surface area contributed by atoms with Crippen LogP contribution >= 0.6 is 35.0 Å². The lowest BCUT2D eigenvalue weighted by molar-refractivity contribution is 0.0956. The third kappa shape index (κ3) is 6.65. The summed E-state index contributed by atoms with van der Waals surface area (Å²) >= 11 is 14.0. The molecule has 1 amide bonds. The number of carbonyl (C=O) groups excluding carboxylic acids is 1. The molecular formula is C23H22Cl2N2O3S2. The number of carbonyl (C=O) groups is 1. The molecule has 3 aromatic rings. The summed E-state index contributed by atoms with van der Waals surface area (Å²) in [6.07, 6.45) is 0. The van der Waals surface area contributed by atoms with E-state index >= 15 is 0 Å². The maximum atomic E-state index is 12.6. The molecule has 0 atom stereocenters. The predicted octanol–water partition coefficient (Wildman–Crippen LogP) is 5.77. The third-order valence-electron chi connectivity index (χ3n) is 4.54. The molecule has 0 aromatic heterocycles. The van der Waals surface area contributed by atoms with Crippen molar-refractivity contribution in [3.05, 3.63) is 93.5 Å². The van der Waals surface area contributed by atoms with Gasteiger partial charge in [0, 0.05) is 28.8 Å². The summed E-state index contributed by atoms with van der Waals surface area (Å²) in [6.45, 7) is 2.31. The fourth-order valence-corrected chi connectivity index (χ4v) is 5.22. The maximum Gasteiger partial charge on any atom is 0.261 e. The van der Waals surface area contributed by atoms with Crippen LogP contribution < -0.4 is 10.0 Å². The maximum absolute atomic E-state index is 12.6. The number of amides is 1. The molecule has 0 aliphatic carbocycles. The molecule has 168 valence electrons. The molecule has 0 aliphatic rings. The summed E-state index contributed by atoms with van der Waals surface area (Å²) < 4.78 is 27.7. The molecular weight excluding hydrogens is 487 g/mol. The Bertz CT molecular complexity index is 1200. The minimum Gasteiger partial charge on any atom is -0.351 e. The van der Waals surface area contributed by atoms with Crippen LogP contribution in [-0.4, -0.2) is 26.6 Å². The first-order valence-corrected chi connectivity index (χ1v) is 13.1. The standard InChI is InChI=1S/C23H22Cl2N2O3S2/c1-16-6-9-19(10-7-16)32(29,30)27-18-8-11-22(25)20(14-18)23(28)26-12-13-31-15-17-4-2-3-5-21(17)24/h2-11,14,27H,12-13,15H2,1H3,(H,26,28). The first kappa shape index (κ1) is 24.5. The summed E-state index contributed by atoms with van der Waals surface area (Å²) in [4.78, 5) is 12.7. The van der Waals surface area contributed by atoms with Gasteiger partial charge in [0.2, 0.25) is 0 Å². The Morgan fingerprint density at radius 3 is 2.41 bits per heavy atom. The van der Waals surface area contributed by atoms with Gasteiger partial charge in [0.05, 0.1) is 15.5 Å². The van der Waals surface area contributed by atoms with Crippen LogP contribution in [0.15, 0.2) is 71.6 Å². The SMILES string of the molecule is Cc1ccc(S(=O)(=O)Nc2ccc(Cl)c(C(=O)NCCSCc3ccccc3Cl)c2)cc1. The number of anilines is 1. The van der Waals surface area contributed by atoms with Crippen LogP contribution in [-0.2, 0) is 15.8 Å². The van der Waals surface area contributed by atoms with Crippen molar-refractivity contribution in [2.45, 2.75) is 17.6 Å². The van der Waals surface area contributed by atoms with E-state index in [9.17, 15) is 13.2 Å². The highest BCUT2D eigenvalue weighted by Crippen LogP contribution is 2.24. The van der Waals surface area contributed by atoms with Gasteiger partial charge in [-0.25, -0.2) is 8.42 Å². The lowest BCUT2D eigenvalue weighted by Gasteiger charge is -2.11. The molecule has 0 saturated heterocycles. The molecule has 0 unspecified atom stereocenters. The van der Waals surface area contributed by atoms with E-state index in [1.807, 2.05) is 31.2 Å². The van der Waals surface area contributed by atoms with Crippen molar-refractivity contribution in [3.63, 3.8) is 0 Å². The monoisotopic (exact) mass is 508 g/mol. The number of aryl methyl sites for hydroxylation is 1. The summed E-state index contributed by atoms with van der Waals surface area (Å²) in [7, 11) is -3.78. The minimum atomic E-state index is -3.78. The minimum absolute atomic E-state index is 0.139. The second-order valence-corrected chi connectivity index (χ2v) is 10.6. The van der Waals surface area contributed by atoms with Crippen LogP contribution in [0.2, 0.25) is 10.0 Å². The molecule has 3 rings (SSSR count). The zero-order chi connectivity index (χ0) is 23.1. The van der Waals surface area contributed by atoms with Crippen molar-refractivity contribution in [3.8, 4) is 0 Å². The molecule has 0 fully saturated rings. The van der Waals surface area contributed by atoms with Gasteiger partial charge in [-0.05, 0) is 48.9 Å². The Morgan fingerprint density at radius 2 is 1.69 bits per heavy atom. The van der Waals surface area contributed by atoms with Gasteiger partial charge in [0.1, 0.15) is 0 Å². The Kier molecular flexibility index (Phi) is 8.48. The molecule has 0 saturated carbocycles. The predicted molar refractivity (Wildman–Crippen MR) is 133 cm³/mol. The number of benzene rings is 3. The molecule has 32 heavy (non-hydrogen) atoms. The molecule has 0 aliphatic heterocycles. The Balaban J connectivity index is 1.58. The van der Waals surface area contributed by atoms with Crippen molar-refractivity contribution in [1.82, 2.24) is 5.32 Å². The van der Waals surface area contributed by atoms with Crippen LogP contribution in [0.25, 0.3) is 0 Å². The Labute approximate surface area is 202 Å². The highest BCUT2D eigenvalue weighted by atomic mass is 35.5. The van der Waals surface area contributed by atoms with E-state index in [0.29, 0.717) is 12.3 Å². The van der Waals surface area contributed by atoms with E-state index in [0.717, 1.165) is 21.9 Å². The van der Waals surface area contributed by atoms with Crippen LogP contribution in [0.3, 0.4) is 0 Å². The summed E-state index contributed by atoms with van der Waals surface area (Å²) in [6, 6.07) is 18.6. The third-order valence-corrected chi connectivity index (χ3v) is 7.65. The summed E-state index contributed by atoms with van der Waals surface area (Å²) in [5, 5.41) is 3.78. The number of halogens is 2. The molecule has 0 spiro atoms. The van der Waals surface area contributed by atoms with Crippen LogP contribution in [0.4, 0.5) is 5.69 Å². The molecule has 0 bridgehead atoms. The van der Waals surface area contributed by atoms with Gasteiger partial charge < -0.3 is 5.32 Å². The summed E-state index contributed by atoms with van der Waals surface area (Å²) in [5.41, 5.74) is 2.46. The lowest BCUT2D eigenvalue weighted by Crippen LogP contribution is -2.26. The number of sulfonamides is 1. The van der Waals surface area contributed by atoms with Gasteiger partial charge >= 0.3 is 0 Å². The number of rotatable bonds is 9. The first-order valence-electron chi connectivity index (χ1n) is 9.74. The fourth-order valence-electron chi connectivity index (χ4n) is 2.82. The molecule has 0 heterocycles. The zero-order valence-electron chi connectivity index (χ0n) is 17.3. The van der Waals surface area contributed by atoms with Gasteiger partial charge in [-0.2, -0.15) is 11.8 Å². The van der Waals surface area contributed by atoms with E-state index < -0.39 is 10.0 Å². The van der Waals surface area contributed by atoms with Gasteiger partial charge in [0.15, 0.2) is 0 Å². The van der Waals surface area contributed by atoms with Gasteiger partial charge in [-0.15, -0.1) is 0 Å². The van der Waals surface area contributed by atoms with Crippen molar-refractivity contribution in [2.75, 3.05) is 17.0 Å². The van der Waals surface area contributed by atoms with Gasteiger partial charge in [-0.3, -0.25) is 9.52 Å². The highest BCUT2D eigenvalue weighted by Gasteiger charge is 2.16. The molecule has 5 nitrogen and oxygen atoms in total. The highest BCUT2D eigenvalue weighted by molar-refractivity contribution is 7.98. The smallest absolute Gasteiger partial charge is 0.261 e. The van der Waals surface area contributed by atoms with E-state index in [1.54, 1.807) is 23.9 Å². The van der Waals surface area contributed by atoms with Gasteiger partial charge in [-0.1, -0.05) is 59.1 Å². The van der Waals surface area contributed by atoms with E-state index in [-0.39, 0.29) is 27.1 Å². The number of nitrogens with one attached hydrogen (secondary N) is 2. The van der Waals surface area contributed by atoms with Crippen molar-refractivity contribution in [2.24, 2.45) is 0 Å². The Morgan fingerprint density at radius 1 is 0.969 bits per heavy atom. The van der Waals surface area contributed by atoms with Crippen LogP contribution in [0.5, 0.6) is 0 Å². The zero-order valence-corrected chi connectivity index (χ0v) is 20.4. The second kappa shape index (κ2) is 11.1. The van der Waals surface area contributed by atoms with Gasteiger partial charge in [0.25, 0.3) is 15.9 Å². The van der Waals surface area contributed by atoms with Crippen LogP contribution in [0.1, 0.15) is 21.5 Å². The quantitative estimate of drug-likeness (QED) is 0.360. The topological polar surface area (TPSA) is 75.3 Å². The van der Waals surface area contributed by atoms with E-state index in [2.05, 4.69) is 10.0 Å². The fraction of sp³-hybridized carbons (Fsp3) is 0.174. The van der Waals surface area contributed by atoms with Crippen molar-refractivity contribution in [1.29, 1.82) is 0 Å². The second-order valence-electron chi connectivity index (χ2n) is 7.01. The number of hydrogen-bond donors (Lipinski definition) is 2. The largest absolute Gasteiger partial charge is 0.351 e. The van der Waals surface area contributed by atoms with E-state index in [4.69, 9.17) is 23.2 Å². The molecule has 3 aromatic carbocycles. The average molecular weight is 509 g/mol. The molecule has 2 N–H and O–H groups in total. The Hall–Kier alpha value is -2.19. The molecule has 9 heteroatoms. The lowest BCUT2D eigenvalue weighted by atomic mass is 10.2. The summed E-state index contributed by atoms with van der Waals surface area (Å²) in [5.74, 6) is 1.06. The average Bonchev–Trinajstić information content (AvgIpc) is 2.76. The van der Waals surface area contributed by atoms with E-state index in [1.165, 1.54) is 30.3 Å². The van der Waals surface area contributed by atoms with Crippen LogP contribution in [0, 0.1) is 6.92 Å².